The van der Waals surface area contributed by atoms with E-state index in [0.29, 0.717) is 17.4 Å². The number of benzene rings is 1. The minimum atomic E-state index is -0.273. The third-order valence-electron chi connectivity index (χ3n) is 3.44. The summed E-state index contributed by atoms with van der Waals surface area (Å²) < 4.78 is 5.52. The average molecular weight is 384 g/mol. The van der Waals surface area contributed by atoms with Crippen molar-refractivity contribution in [2.45, 2.75) is 6.54 Å². The van der Waals surface area contributed by atoms with Gasteiger partial charge in [-0.3, -0.25) is 5.32 Å². The number of para-hydroxylation sites is 1. The average Bonchev–Trinajstić information content (AvgIpc) is 3.32. The van der Waals surface area contributed by atoms with Crippen LogP contribution in [0.15, 0.2) is 41.1 Å². The van der Waals surface area contributed by atoms with Gasteiger partial charge in [0.15, 0.2) is 0 Å². The monoisotopic (exact) mass is 384 g/mol. The molecule has 0 bridgehead atoms. The van der Waals surface area contributed by atoms with Crippen LogP contribution in [0.4, 0.5) is 9.93 Å². The molecule has 2 amide bonds. The van der Waals surface area contributed by atoms with Crippen molar-refractivity contribution in [3.8, 4) is 28.7 Å². The molecule has 0 atom stereocenters. The minimum absolute atomic E-state index is 0.184. The van der Waals surface area contributed by atoms with E-state index in [1.165, 1.54) is 11.3 Å². The number of carbonyl (C=O) groups is 1. The van der Waals surface area contributed by atoms with E-state index in [9.17, 15) is 4.79 Å². The molecule has 0 aliphatic carbocycles. The van der Waals surface area contributed by atoms with Crippen LogP contribution < -0.4 is 10.1 Å². The fourth-order valence-electron chi connectivity index (χ4n) is 2.19. The first-order chi connectivity index (χ1) is 12.7. The lowest BCUT2D eigenvalue weighted by Gasteiger charge is -2.18. The van der Waals surface area contributed by atoms with Crippen LogP contribution in [0.1, 0.15) is 5.56 Å². The van der Waals surface area contributed by atoms with Crippen molar-refractivity contribution >= 4 is 33.8 Å². The number of amides is 2. The Morgan fingerprint density at radius 1 is 1.35 bits per heavy atom. The summed E-state index contributed by atoms with van der Waals surface area (Å²) in [5.74, 6) is 3.11. The molecular weight excluding hydrogens is 368 g/mol. The summed E-state index contributed by atoms with van der Waals surface area (Å²) in [4.78, 5) is 14.0. The fourth-order valence-corrected chi connectivity index (χ4v) is 3.63. The molecular formula is C18H16N4O2S2. The number of terminal acetylenes is 1. The summed E-state index contributed by atoms with van der Waals surface area (Å²) >= 11 is 2.93. The Morgan fingerprint density at radius 3 is 2.96 bits per heavy atom. The zero-order chi connectivity index (χ0) is 18.4. The van der Waals surface area contributed by atoms with Crippen molar-refractivity contribution in [2.24, 2.45) is 0 Å². The number of nitrogens with zero attached hydrogens (tertiary/aromatic N) is 3. The predicted octanol–water partition coefficient (Wildman–Crippen LogP) is 3.94. The molecule has 0 radical (unpaired) electrons. The van der Waals surface area contributed by atoms with Crippen molar-refractivity contribution in [1.82, 2.24) is 15.1 Å². The van der Waals surface area contributed by atoms with Gasteiger partial charge < -0.3 is 9.64 Å². The molecule has 8 heteroatoms. The number of nitrogens with one attached hydrogen (secondary N) is 1. The smallest absolute Gasteiger partial charge is 0.323 e. The molecule has 6 nitrogen and oxygen atoms in total. The van der Waals surface area contributed by atoms with Gasteiger partial charge in [0.05, 0.1) is 6.54 Å². The number of aromatic nitrogens is 2. The second-order valence-electron chi connectivity index (χ2n) is 5.31. The maximum absolute atomic E-state index is 12.4. The van der Waals surface area contributed by atoms with Gasteiger partial charge in [-0.2, -0.15) is 11.3 Å². The zero-order valence-corrected chi connectivity index (χ0v) is 15.6. The Kier molecular flexibility index (Phi) is 5.84. The molecule has 0 unspecified atom stereocenters. The topological polar surface area (TPSA) is 67.3 Å². The molecule has 2 aromatic heterocycles. The van der Waals surface area contributed by atoms with E-state index in [-0.39, 0.29) is 12.6 Å². The highest BCUT2D eigenvalue weighted by atomic mass is 32.1. The molecule has 1 aromatic carbocycles. The molecule has 1 N–H and O–H groups in total. The van der Waals surface area contributed by atoms with Gasteiger partial charge in [0.1, 0.15) is 17.4 Å². The number of ether oxygens (including phenoxy) is 1. The fraction of sp³-hybridized carbons (Fsp3) is 0.167. The van der Waals surface area contributed by atoms with Gasteiger partial charge in [0, 0.05) is 23.6 Å². The second-order valence-corrected chi connectivity index (χ2v) is 7.07. The Bertz CT molecular complexity index is 915. The quantitative estimate of drug-likeness (QED) is 0.654. The summed E-state index contributed by atoms with van der Waals surface area (Å²) in [6, 6.07) is 9.18. The summed E-state index contributed by atoms with van der Waals surface area (Å²) in [5.41, 5.74) is 1.87. The minimum Gasteiger partial charge on any atom is -0.481 e. The van der Waals surface area contributed by atoms with Crippen LogP contribution in [0.3, 0.4) is 0 Å². The molecule has 0 spiro atoms. The summed E-state index contributed by atoms with van der Waals surface area (Å²) in [5, 5.41) is 16.1. The normalized spacial score (nSPS) is 10.2. The third-order valence-corrected chi connectivity index (χ3v) is 5.02. The first kappa shape index (κ1) is 17.9. The summed E-state index contributed by atoms with van der Waals surface area (Å²) in [6.07, 6.45) is 5.24. The summed E-state index contributed by atoms with van der Waals surface area (Å²) in [6.45, 7) is 0.561. The van der Waals surface area contributed by atoms with Gasteiger partial charge in [-0.05, 0) is 17.5 Å². The second kappa shape index (κ2) is 8.47. The van der Waals surface area contributed by atoms with Gasteiger partial charge in [0.25, 0.3) is 0 Å². The predicted molar refractivity (Wildman–Crippen MR) is 104 cm³/mol. The molecule has 0 aliphatic heterocycles. The molecule has 0 fully saturated rings. The highest BCUT2D eigenvalue weighted by molar-refractivity contribution is 7.19. The molecule has 26 heavy (non-hydrogen) atoms. The van der Waals surface area contributed by atoms with Crippen LogP contribution in [0.5, 0.6) is 5.75 Å². The van der Waals surface area contributed by atoms with Crippen LogP contribution in [0, 0.1) is 12.3 Å². The molecule has 132 valence electrons. The van der Waals surface area contributed by atoms with E-state index in [1.807, 2.05) is 41.1 Å². The van der Waals surface area contributed by atoms with Crippen LogP contribution in [0.2, 0.25) is 0 Å². The zero-order valence-electron chi connectivity index (χ0n) is 14.0. The molecule has 0 saturated heterocycles. The lowest BCUT2D eigenvalue weighted by Crippen LogP contribution is -2.31. The van der Waals surface area contributed by atoms with E-state index >= 15 is 0 Å². The lowest BCUT2D eigenvalue weighted by molar-refractivity contribution is 0.220. The van der Waals surface area contributed by atoms with Crippen molar-refractivity contribution in [3.05, 3.63) is 46.7 Å². The molecule has 2 heterocycles. The van der Waals surface area contributed by atoms with Gasteiger partial charge in [-0.1, -0.05) is 35.5 Å². The maximum atomic E-state index is 12.4. The van der Waals surface area contributed by atoms with Crippen molar-refractivity contribution in [1.29, 1.82) is 0 Å². The number of rotatable bonds is 6. The lowest BCUT2D eigenvalue weighted by atomic mass is 10.2. The van der Waals surface area contributed by atoms with E-state index in [1.54, 1.807) is 23.3 Å². The first-order valence-corrected chi connectivity index (χ1v) is 9.45. The van der Waals surface area contributed by atoms with E-state index in [0.717, 1.165) is 16.1 Å². The van der Waals surface area contributed by atoms with E-state index in [4.69, 9.17) is 11.2 Å². The Hall–Kier alpha value is -2.89. The number of anilines is 1. The number of hydrogen-bond acceptors (Lipinski definition) is 6. The third kappa shape index (κ3) is 4.39. The molecule has 0 aliphatic rings. The number of urea groups is 1. The number of thiophene rings is 1. The van der Waals surface area contributed by atoms with Gasteiger partial charge in [-0.25, -0.2) is 4.79 Å². The van der Waals surface area contributed by atoms with E-state index < -0.39 is 0 Å². The standard InChI is InChI=1S/C18H16N4O2S2/c1-3-9-24-15-7-5-4-6-13(15)11-22(2)18(23)19-17-21-20-16(26-17)14-8-10-25-12-14/h1,4-8,10,12H,9,11H2,2H3,(H,19,21,23). The Morgan fingerprint density at radius 2 is 2.19 bits per heavy atom. The highest BCUT2D eigenvalue weighted by Crippen LogP contribution is 2.28. The highest BCUT2D eigenvalue weighted by Gasteiger charge is 2.15. The summed E-state index contributed by atoms with van der Waals surface area (Å²) in [7, 11) is 1.70. The maximum Gasteiger partial charge on any atom is 0.323 e. The van der Waals surface area contributed by atoms with Gasteiger partial charge in [-0.15, -0.1) is 16.6 Å². The van der Waals surface area contributed by atoms with Crippen molar-refractivity contribution in [3.63, 3.8) is 0 Å². The van der Waals surface area contributed by atoms with Crippen LogP contribution in [0.25, 0.3) is 10.6 Å². The van der Waals surface area contributed by atoms with Gasteiger partial charge >= 0.3 is 6.03 Å². The molecule has 3 rings (SSSR count). The molecule has 0 saturated carbocycles. The van der Waals surface area contributed by atoms with Crippen molar-refractivity contribution < 1.29 is 9.53 Å². The van der Waals surface area contributed by atoms with Crippen molar-refractivity contribution in [2.75, 3.05) is 19.0 Å². The SMILES string of the molecule is C#CCOc1ccccc1CN(C)C(=O)Nc1nnc(-c2ccsc2)s1. The van der Waals surface area contributed by atoms with Crippen LogP contribution in [-0.2, 0) is 6.54 Å². The first-order valence-electron chi connectivity index (χ1n) is 7.69. The van der Waals surface area contributed by atoms with Gasteiger partial charge in [0.2, 0.25) is 5.13 Å². The Balaban J connectivity index is 1.63. The number of carbonyl (C=O) groups excluding carboxylic acids is 1. The number of hydrogen-bond donors (Lipinski definition) is 1. The van der Waals surface area contributed by atoms with Crippen LogP contribution in [-0.4, -0.2) is 34.8 Å². The largest absolute Gasteiger partial charge is 0.481 e. The Labute approximate surface area is 159 Å². The van der Waals surface area contributed by atoms with E-state index in [2.05, 4.69) is 21.4 Å². The molecule has 3 aromatic rings. The van der Waals surface area contributed by atoms with Crippen LogP contribution >= 0.6 is 22.7 Å².